The third kappa shape index (κ3) is 2.20. The number of fused-ring (bicyclic) bond motifs is 5. The minimum Gasteiger partial charge on any atom is -0.386 e. The lowest BCUT2D eigenvalue weighted by Crippen LogP contribution is -2.49. The molecule has 0 saturated carbocycles. The van der Waals surface area contributed by atoms with Crippen LogP contribution in [0.2, 0.25) is 0 Å². The molecule has 4 rings (SSSR count). The largest absolute Gasteiger partial charge is 0.386 e. The minimum absolute atomic E-state index is 0.497. The Morgan fingerprint density at radius 1 is 1.29 bits per heavy atom. The molecule has 1 aliphatic rings. The molecule has 1 unspecified atom stereocenters. The lowest BCUT2D eigenvalue weighted by molar-refractivity contribution is 0.0417. The molecular formula is C17H22N6O. The van der Waals surface area contributed by atoms with Gasteiger partial charge in [0.2, 0.25) is 5.95 Å². The number of nitrogens with two attached hydrogens (primary N) is 1. The van der Waals surface area contributed by atoms with E-state index in [2.05, 4.69) is 26.8 Å². The number of rotatable bonds is 3. The smallest absolute Gasteiger partial charge is 0.206 e. The number of aliphatic hydroxyl groups is 1. The fraction of sp³-hybridized carbons (Fsp3) is 0.412. The Balaban J connectivity index is 2.08. The van der Waals surface area contributed by atoms with E-state index < -0.39 is 5.60 Å². The van der Waals surface area contributed by atoms with E-state index in [1.165, 1.54) is 0 Å². The van der Waals surface area contributed by atoms with Crippen molar-refractivity contribution in [3.05, 3.63) is 24.3 Å². The van der Waals surface area contributed by atoms with Crippen LogP contribution >= 0.6 is 0 Å². The Morgan fingerprint density at radius 2 is 2.08 bits per heavy atom. The summed E-state index contributed by atoms with van der Waals surface area (Å²) in [6.45, 7) is 5.91. The highest BCUT2D eigenvalue weighted by Gasteiger charge is 2.35. The quantitative estimate of drug-likeness (QED) is 0.502. The van der Waals surface area contributed by atoms with Gasteiger partial charge < -0.3 is 20.0 Å². The van der Waals surface area contributed by atoms with Crippen LogP contribution in [0.15, 0.2) is 24.3 Å². The molecule has 4 N–H and O–H groups in total. The van der Waals surface area contributed by atoms with Crippen molar-refractivity contribution >= 4 is 33.7 Å². The number of hydrogen-bond acceptors (Lipinski definition) is 6. The molecule has 0 amide bonds. The Labute approximate surface area is 140 Å². The molecule has 126 valence electrons. The normalized spacial score (nSPS) is 20.6. The minimum atomic E-state index is -0.809. The van der Waals surface area contributed by atoms with Crippen molar-refractivity contribution in [2.75, 3.05) is 23.4 Å². The van der Waals surface area contributed by atoms with Gasteiger partial charge in [-0.3, -0.25) is 0 Å². The van der Waals surface area contributed by atoms with Crippen LogP contribution in [0, 0.1) is 0 Å². The summed E-state index contributed by atoms with van der Waals surface area (Å²) < 4.78 is 2.10. The predicted molar refractivity (Wildman–Crippen MR) is 96.0 cm³/mol. The molecule has 0 aliphatic carbocycles. The average molecular weight is 326 g/mol. The lowest BCUT2D eigenvalue weighted by atomic mass is 10.0. The summed E-state index contributed by atoms with van der Waals surface area (Å²) in [5.41, 5.74) is 4.42. The zero-order valence-corrected chi connectivity index (χ0v) is 14.0. The monoisotopic (exact) mass is 326 g/mol. The Kier molecular flexibility index (Phi) is 3.36. The molecule has 2 aromatic heterocycles. The highest BCUT2D eigenvalue weighted by atomic mass is 16.3. The molecule has 24 heavy (non-hydrogen) atoms. The standard InChI is InChI=1S/C17H22N6O/c1-3-8-22-9-17(2,24)10-23-14-11-6-4-5-7-12(11)19-15(21-18)13(14)20-16(22)23/h4-7,24H,3,8-10,18H2,1-2H3,(H,19,21). The van der Waals surface area contributed by atoms with E-state index in [1.807, 2.05) is 31.2 Å². The zero-order chi connectivity index (χ0) is 16.9. The van der Waals surface area contributed by atoms with Crippen molar-refractivity contribution in [2.24, 2.45) is 5.84 Å². The molecule has 0 saturated heterocycles. The molecule has 3 heterocycles. The van der Waals surface area contributed by atoms with Crippen LogP contribution in [-0.2, 0) is 6.54 Å². The Morgan fingerprint density at radius 3 is 2.83 bits per heavy atom. The van der Waals surface area contributed by atoms with Crippen LogP contribution in [-0.4, -0.2) is 38.3 Å². The number of anilines is 2. The van der Waals surface area contributed by atoms with E-state index in [1.54, 1.807) is 0 Å². The van der Waals surface area contributed by atoms with E-state index in [4.69, 9.17) is 10.8 Å². The molecule has 0 bridgehead atoms. The van der Waals surface area contributed by atoms with Crippen LogP contribution < -0.4 is 16.2 Å². The van der Waals surface area contributed by atoms with Crippen molar-refractivity contribution in [3.8, 4) is 0 Å². The number of hydrazine groups is 1. The molecule has 0 spiro atoms. The summed E-state index contributed by atoms with van der Waals surface area (Å²) in [7, 11) is 0. The van der Waals surface area contributed by atoms with Crippen LogP contribution in [0.25, 0.3) is 21.9 Å². The number of nitrogens with one attached hydrogen (secondary N) is 1. The summed E-state index contributed by atoms with van der Waals surface area (Å²) >= 11 is 0. The maximum Gasteiger partial charge on any atom is 0.206 e. The number of pyridine rings is 1. The average Bonchev–Trinajstić information content (AvgIpc) is 2.93. The van der Waals surface area contributed by atoms with Crippen molar-refractivity contribution in [1.29, 1.82) is 0 Å². The van der Waals surface area contributed by atoms with Gasteiger partial charge in [-0.2, -0.15) is 0 Å². The number of aromatic nitrogens is 3. The first kappa shape index (κ1) is 15.2. The van der Waals surface area contributed by atoms with Crippen molar-refractivity contribution < 1.29 is 5.11 Å². The van der Waals surface area contributed by atoms with Gasteiger partial charge in [0, 0.05) is 11.9 Å². The molecule has 1 aliphatic heterocycles. The van der Waals surface area contributed by atoms with Gasteiger partial charge in [0.15, 0.2) is 5.82 Å². The molecule has 3 aromatic rings. The van der Waals surface area contributed by atoms with Crippen molar-refractivity contribution in [3.63, 3.8) is 0 Å². The van der Waals surface area contributed by atoms with Crippen LogP contribution in [0.4, 0.5) is 11.8 Å². The maximum atomic E-state index is 10.7. The summed E-state index contributed by atoms with van der Waals surface area (Å²) in [6, 6.07) is 7.94. The second-order valence-corrected chi connectivity index (χ2v) is 6.74. The number of para-hydroxylation sites is 1. The number of nitrogen functional groups attached to an aromatic ring is 1. The molecule has 7 nitrogen and oxygen atoms in total. The van der Waals surface area contributed by atoms with Gasteiger partial charge in [-0.1, -0.05) is 25.1 Å². The summed E-state index contributed by atoms with van der Waals surface area (Å²) in [5, 5.41) is 11.8. The van der Waals surface area contributed by atoms with E-state index in [0.717, 1.165) is 40.9 Å². The third-order valence-corrected chi connectivity index (χ3v) is 4.51. The highest BCUT2D eigenvalue weighted by molar-refractivity contribution is 6.07. The molecule has 0 fully saturated rings. The van der Waals surface area contributed by atoms with Gasteiger partial charge in [0.25, 0.3) is 0 Å². The zero-order valence-electron chi connectivity index (χ0n) is 14.0. The number of nitrogens with zero attached hydrogens (tertiary/aromatic N) is 4. The van der Waals surface area contributed by atoms with Crippen molar-refractivity contribution in [2.45, 2.75) is 32.4 Å². The van der Waals surface area contributed by atoms with Gasteiger partial charge in [-0.05, 0) is 19.4 Å². The number of β-amino-alcohol motifs (C(OH)–C–C–N with tert-alkyl or cyclic N) is 1. The van der Waals surface area contributed by atoms with Crippen LogP contribution in [0.5, 0.6) is 0 Å². The van der Waals surface area contributed by atoms with Crippen LogP contribution in [0.3, 0.4) is 0 Å². The van der Waals surface area contributed by atoms with Crippen molar-refractivity contribution in [1.82, 2.24) is 14.5 Å². The summed E-state index contributed by atoms with van der Waals surface area (Å²) in [4.78, 5) is 11.5. The van der Waals surface area contributed by atoms with E-state index in [9.17, 15) is 5.11 Å². The number of imidazole rings is 1. The second-order valence-electron chi connectivity index (χ2n) is 6.74. The molecule has 0 radical (unpaired) electrons. The predicted octanol–water partition coefficient (Wildman–Crippen LogP) is 1.85. The first-order chi connectivity index (χ1) is 11.5. The summed E-state index contributed by atoms with van der Waals surface area (Å²) in [5.74, 6) is 7.11. The van der Waals surface area contributed by atoms with E-state index in [0.29, 0.717) is 18.9 Å². The topological polar surface area (TPSA) is 92.2 Å². The third-order valence-electron chi connectivity index (χ3n) is 4.51. The lowest BCUT2D eigenvalue weighted by Gasteiger charge is -2.38. The molecule has 7 heteroatoms. The van der Waals surface area contributed by atoms with Gasteiger partial charge >= 0.3 is 0 Å². The van der Waals surface area contributed by atoms with E-state index in [-0.39, 0.29) is 0 Å². The number of benzene rings is 1. The maximum absolute atomic E-state index is 10.7. The van der Waals surface area contributed by atoms with Gasteiger partial charge in [0.1, 0.15) is 5.52 Å². The van der Waals surface area contributed by atoms with Gasteiger partial charge in [0.05, 0.1) is 29.7 Å². The first-order valence-corrected chi connectivity index (χ1v) is 8.27. The van der Waals surface area contributed by atoms with Gasteiger partial charge in [-0.15, -0.1) is 0 Å². The number of hydrogen-bond donors (Lipinski definition) is 3. The molecule has 1 aromatic carbocycles. The fourth-order valence-electron chi connectivity index (χ4n) is 3.64. The fourth-order valence-corrected chi connectivity index (χ4v) is 3.64. The van der Waals surface area contributed by atoms with Crippen LogP contribution in [0.1, 0.15) is 20.3 Å². The SMILES string of the molecule is CCCN1CC(C)(O)Cn2c1nc1c(NN)nc3ccccc3c12. The van der Waals surface area contributed by atoms with Gasteiger partial charge in [-0.25, -0.2) is 15.8 Å². The summed E-state index contributed by atoms with van der Waals surface area (Å²) in [6.07, 6.45) is 0.986. The Hall–Kier alpha value is -2.38. The Bertz CT molecular complexity index is 916. The molecular weight excluding hydrogens is 304 g/mol. The van der Waals surface area contributed by atoms with E-state index >= 15 is 0 Å². The second kappa shape index (κ2) is 5.32. The highest BCUT2D eigenvalue weighted by Crippen LogP contribution is 2.36. The molecule has 1 atom stereocenters. The first-order valence-electron chi connectivity index (χ1n) is 8.27.